The van der Waals surface area contributed by atoms with Crippen molar-refractivity contribution in [2.24, 2.45) is 0 Å². The molecule has 0 saturated carbocycles. The summed E-state index contributed by atoms with van der Waals surface area (Å²) in [5, 5.41) is 10.7. The van der Waals surface area contributed by atoms with Crippen LogP contribution in [0.15, 0.2) is 30.3 Å². The van der Waals surface area contributed by atoms with Crippen molar-refractivity contribution in [3.8, 4) is 16.9 Å². The maximum Gasteiger partial charge on any atom is 0.339 e. The van der Waals surface area contributed by atoms with Crippen LogP contribution in [0.2, 0.25) is 5.02 Å². The number of carbonyl (C=O) groups excluding carboxylic acids is 2. The highest BCUT2D eigenvalue weighted by atomic mass is 35.5. The Labute approximate surface area is 151 Å². The highest BCUT2D eigenvalue weighted by Crippen LogP contribution is 2.36. The Hall–Kier alpha value is -2.53. The molecule has 0 unspecified atom stereocenters. The fourth-order valence-corrected chi connectivity index (χ4v) is 2.64. The van der Waals surface area contributed by atoms with Crippen LogP contribution in [-0.4, -0.2) is 30.3 Å². The van der Waals surface area contributed by atoms with E-state index >= 15 is 0 Å². The van der Waals surface area contributed by atoms with Gasteiger partial charge in [-0.05, 0) is 44.5 Å². The normalized spacial score (nSPS) is 10.4. The summed E-state index contributed by atoms with van der Waals surface area (Å²) < 4.78 is 10.2. The maximum atomic E-state index is 12.5. The van der Waals surface area contributed by atoms with Gasteiger partial charge in [-0.2, -0.15) is 0 Å². The molecular formula is C19H19ClO5. The van der Waals surface area contributed by atoms with Crippen LogP contribution in [0, 0.1) is 6.92 Å². The Morgan fingerprint density at radius 1 is 1.04 bits per heavy atom. The lowest BCUT2D eigenvalue weighted by molar-refractivity contribution is 0.0525. The van der Waals surface area contributed by atoms with Gasteiger partial charge < -0.3 is 14.6 Å². The first kappa shape index (κ1) is 18.8. The van der Waals surface area contributed by atoms with Gasteiger partial charge in [-0.1, -0.05) is 23.7 Å². The largest absolute Gasteiger partial charge is 0.508 e. The smallest absolute Gasteiger partial charge is 0.339 e. The standard InChI is InChI=1S/C19H19ClO5/c1-4-24-18(22)14-10-15(21)11(3)16(19(23)25-5-2)17(14)12-6-8-13(20)9-7-12/h6-10,21H,4-5H2,1-3H3. The van der Waals surface area contributed by atoms with Gasteiger partial charge >= 0.3 is 11.9 Å². The molecule has 25 heavy (non-hydrogen) atoms. The molecule has 0 aromatic heterocycles. The minimum Gasteiger partial charge on any atom is -0.508 e. The summed E-state index contributed by atoms with van der Waals surface area (Å²) in [5.74, 6) is -1.43. The van der Waals surface area contributed by atoms with Crippen molar-refractivity contribution >= 4 is 23.5 Å². The van der Waals surface area contributed by atoms with Gasteiger partial charge in [-0.15, -0.1) is 0 Å². The van der Waals surface area contributed by atoms with Gasteiger partial charge in [0.2, 0.25) is 0 Å². The molecule has 132 valence electrons. The summed E-state index contributed by atoms with van der Waals surface area (Å²) in [7, 11) is 0. The van der Waals surface area contributed by atoms with Crippen molar-refractivity contribution in [3.63, 3.8) is 0 Å². The lowest BCUT2D eigenvalue weighted by Gasteiger charge is -2.17. The summed E-state index contributed by atoms with van der Waals surface area (Å²) in [6, 6.07) is 8.01. The highest BCUT2D eigenvalue weighted by Gasteiger charge is 2.26. The second-order valence-electron chi connectivity index (χ2n) is 5.27. The van der Waals surface area contributed by atoms with Gasteiger partial charge in [0, 0.05) is 16.1 Å². The lowest BCUT2D eigenvalue weighted by Crippen LogP contribution is -2.14. The fraction of sp³-hybridized carbons (Fsp3) is 0.263. The number of carbonyl (C=O) groups is 2. The molecule has 0 radical (unpaired) electrons. The predicted octanol–water partition coefficient (Wildman–Crippen LogP) is 4.37. The fourth-order valence-electron chi connectivity index (χ4n) is 2.51. The topological polar surface area (TPSA) is 72.8 Å². The molecule has 0 fully saturated rings. The first-order valence-corrected chi connectivity index (χ1v) is 8.25. The van der Waals surface area contributed by atoms with Crippen LogP contribution in [0.3, 0.4) is 0 Å². The summed E-state index contributed by atoms with van der Waals surface area (Å²) in [5.41, 5.74) is 1.50. The van der Waals surface area contributed by atoms with Crippen LogP contribution in [0.25, 0.3) is 11.1 Å². The second-order valence-corrected chi connectivity index (χ2v) is 5.70. The van der Waals surface area contributed by atoms with Crippen LogP contribution < -0.4 is 0 Å². The molecule has 0 aliphatic rings. The molecule has 2 rings (SSSR count). The number of hydrogen-bond donors (Lipinski definition) is 1. The van der Waals surface area contributed by atoms with E-state index in [9.17, 15) is 14.7 Å². The van der Waals surface area contributed by atoms with E-state index in [1.165, 1.54) is 6.07 Å². The zero-order chi connectivity index (χ0) is 18.6. The lowest BCUT2D eigenvalue weighted by atomic mass is 9.90. The Kier molecular flexibility index (Phi) is 6.04. The number of esters is 2. The number of hydrogen-bond acceptors (Lipinski definition) is 5. The molecular weight excluding hydrogens is 344 g/mol. The molecule has 0 aliphatic heterocycles. The number of phenols is 1. The van der Waals surface area contributed by atoms with Crippen LogP contribution in [0.4, 0.5) is 0 Å². The van der Waals surface area contributed by atoms with Crippen LogP contribution in [0.1, 0.15) is 40.1 Å². The van der Waals surface area contributed by atoms with Gasteiger partial charge in [0.1, 0.15) is 5.75 Å². The number of halogens is 1. The summed E-state index contributed by atoms with van der Waals surface area (Å²) in [6.07, 6.45) is 0. The molecule has 0 amide bonds. The zero-order valence-corrected chi connectivity index (χ0v) is 15.0. The molecule has 0 saturated heterocycles. The summed E-state index contributed by atoms with van der Waals surface area (Å²) >= 11 is 5.94. The molecule has 0 atom stereocenters. The Balaban J connectivity index is 2.81. The first-order valence-electron chi connectivity index (χ1n) is 7.87. The maximum absolute atomic E-state index is 12.5. The Morgan fingerprint density at radius 2 is 1.60 bits per heavy atom. The summed E-state index contributed by atoms with van der Waals surface area (Å²) in [4.78, 5) is 24.9. The third-order valence-electron chi connectivity index (χ3n) is 3.67. The predicted molar refractivity (Wildman–Crippen MR) is 95.2 cm³/mol. The zero-order valence-electron chi connectivity index (χ0n) is 14.3. The Bertz CT molecular complexity index is 796. The number of aromatic hydroxyl groups is 1. The van der Waals surface area contributed by atoms with Crippen molar-refractivity contribution in [3.05, 3.63) is 52.0 Å². The van der Waals surface area contributed by atoms with Gasteiger partial charge in [-0.3, -0.25) is 0 Å². The van der Waals surface area contributed by atoms with E-state index in [2.05, 4.69) is 0 Å². The van der Waals surface area contributed by atoms with Gasteiger partial charge in [0.05, 0.1) is 24.3 Å². The molecule has 0 heterocycles. The van der Waals surface area contributed by atoms with Crippen molar-refractivity contribution < 1.29 is 24.2 Å². The van der Waals surface area contributed by atoms with E-state index < -0.39 is 11.9 Å². The van der Waals surface area contributed by atoms with E-state index in [0.29, 0.717) is 21.7 Å². The van der Waals surface area contributed by atoms with E-state index in [1.807, 2.05) is 0 Å². The van der Waals surface area contributed by atoms with Crippen LogP contribution in [0.5, 0.6) is 5.75 Å². The van der Waals surface area contributed by atoms with E-state index in [-0.39, 0.29) is 30.1 Å². The van der Waals surface area contributed by atoms with Gasteiger partial charge in [0.15, 0.2) is 0 Å². The molecule has 2 aromatic carbocycles. The average molecular weight is 363 g/mol. The van der Waals surface area contributed by atoms with Crippen LogP contribution >= 0.6 is 11.6 Å². The number of phenolic OH excluding ortho intramolecular Hbond substituents is 1. The first-order chi connectivity index (χ1) is 11.9. The van der Waals surface area contributed by atoms with Crippen molar-refractivity contribution in [2.45, 2.75) is 20.8 Å². The minimum absolute atomic E-state index is 0.0929. The average Bonchev–Trinajstić information content (AvgIpc) is 2.58. The number of rotatable bonds is 5. The molecule has 5 nitrogen and oxygen atoms in total. The molecule has 0 spiro atoms. The van der Waals surface area contributed by atoms with E-state index in [1.54, 1.807) is 45.0 Å². The minimum atomic E-state index is -0.631. The van der Waals surface area contributed by atoms with Crippen LogP contribution in [-0.2, 0) is 9.47 Å². The Morgan fingerprint density at radius 3 is 2.16 bits per heavy atom. The van der Waals surface area contributed by atoms with E-state index in [4.69, 9.17) is 21.1 Å². The monoisotopic (exact) mass is 362 g/mol. The van der Waals surface area contributed by atoms with Crippen molar-refractivity contribution in [2.75, 3.05) is 13.2 Å². The molecule has 6 heteroatoms. The molecule has 0 aliphatic carbocycles. The molecule has 0 bridgehead atoms. The number of benzene rings is 2. The molecule has 1 N–H and O–H groups in total. The highest BCUT2D eigenvalue weighted by molar-refractivity contribution is 6.30. The molecule has 2 aromatic rings. The summed E-state index contributed by atoms with van der Waals surface area (Å²) in [6.45, 7) is 5.30. The number of ether oxygens (including phenoxy) is 2. The quantitative estimate of drug-likeness (QED) is 0.799. The second kappa shape index (κ2) is 8.03. The third kappa shape index (κ3) is 3.94. The third-order valence-corrected chi connectivity index (χ3v) is 3.92. The van der Waals surface area contributed by atoms with Crippen molar-refractivity contribution in [1.29, 1.82) is 0 Å². The van der Waals surface area contributed by atoms with Gasteiger partial charge in [0.25, 0.3) is 0 Å². The van der Waals surface area contributed by atoms with E-state index in [0.717, 1.165) is 0 Å². The van der Waals surface area contributed by atoms with Gasteiger partial charge in [-0.25, -0.2) is 9.59 Å². The SMILES string of the molecule is CCOC(=O)c1cc(O)c(C)c(C(=O)OCC)c1-c1ccc(Cl)cc1. The van der Waals surface area contributed by atoms with Crippen molar-refractivity contribution in [1.82, 2.24) is 0 Å².